The molecule has 0 unspecified atom stereocenters. The maximum atomic E-state index is 12.5. The number of fused-ring (bicyclic) bond motifs is 1. The molecule has 0 aliphatic carbocycles. The van der Waals surface area contributed by atoms with Crippen LogP contribution in [-0.2, 0) is 21.6 Å². The first-order valence-electron chi connectivity index (χ1n) is 9.30. The highest BCUT2D eigenvalue weighted by atomic mass is 16.6. The van der Waals surface area contributed by atoms with Crippen molar-refractivity contribution >= 4 is 17.5 Å². The number of anilines is 1. The number of nitrogens with one attached hydrogen (secondary N) is 1. The van der Waals surface area contributed by atoms with E-state index in [4.69, 9.17) is 14.0 Å². The lowest BCUT2D eigenvalue weighted by molar-refractivity contribution is -0.121. The van der Waals surface area contributed by atoms with Gasteiger partial charge in [0, 0.05) is 0 Å². The van der Waals surface area contributed by atoms with Crippen LogP contribution < -0.4 is 15.1 Å². The molecule has 0 bridgehead atoms. The molecule has 0 atom stereocenters. The lowest BCUT2D eigenvalue weighted by Gasteiger charge is -2.31. The van der Waals surface area contributed by atoms with Gasteiger partial charge >= 0.3 is 0 Å². The average molecular weight is 387 g/mol. The number of carbonyl (C=O) groups excluding carboxylic acids is 2. The summed E-state index contributed by atoms with van der Waals surface area (Å²) in [5.74, 6) is 0.189. The van der Waals surface area contributed by atoms with Crippen LogP contribution in [-0.4, -0.2) is 30.0 Å². The molecule has 1 aromatic carbocycles. The fourth-order valence-corrected chi connectivity index (χ4v) is 2.81. The average Bonchev–Trinajstić information content (AvgIpc) is 3.16. The van der Waals surface area contributed by atoms with E-state index < -0.39 is 5.91 Å². The van der Waals surface area contributed by atoms with Crippen molar-refractivity contribution in [3.8, 4) is 5.75 Å². The molecule has 2 amide bonds. The Kier molecular flexibility index (Phi) is 5.69. The van der Waals surface area contributed by atoms with E-state index in [1.54, 1.807) is 11.8 Å². The number of nitrogens with zero attached hydrogens (tertiary/aromatic N) is 2. The van der Waals surface area contributed by atoms with Crippen molar-refractivity contribution in [2.45, 2.75) is 46.1 Å². The summed E-state index contributed by atoms with van der Waals surface area (Å²) in [6, 6.07) is 5.89. The summed E-state index contributed by atoms with van der Waals surface area (Å²) in [7, 11) is 0. The molecule has 0 spiro atoms. The van der Waals surface area contributed by atoms with Gasteiger partial charge in [0.15, 0.2) is 12.3 Å². The molecule has 3 rings (SSSR count). The van der Waals surface area contributed by atoms with Gasteiger partial charge in [0.05, 0.1) is 12.3 Å². The minimum atomic E-state index is -0.502. The van der Waals surface area contributed by atoms with Gasteiger partial charge in [0.25, 0.3) is 11.8 Å². The van der Waals surface area contributed by atoms with Crippen LogP contribution in [0.4, 0.5) is 5.69 Å². The molecule has 2 aromatic rings. The lowest BCUT2D eigenvalue weighted by Crippen LogP contribution is -2.38. The number of carbonyl (C=O) groups is 2. The Labute approximate surface area is 163 Å². The van der Waals surface area contributed by atoms with Gasteiger partial charge in [0.2, 0.25) is 5.89 Å². The normalized spacial score (nSPS) is 13.9. The molecule has 1 aliphatic rings. The number of aromatic nitrogens is 1. The van der Waals surface area contributed by atoms with Gasteiger partial charge in [-0.1, -0.05) is 26.8 Å². The first-order chi connectivity index (χ1) is 13.4. The summed E-state index contributed by atoms with van der Waals surface area (Å²) in [5, 5.41) is 0. The Balaban J connectivity index is 1.85. The van der Waals surface area contributed by atoms with Gasteiger partial charge in [0.1, 0.15) is 18.6 Å². The molecule has 1 N–H and O–H groups in total. The molecule has 1 aromatic heterocycles. The number of rotatable bonds is 7. The molecule has 8 nitrogen and oxygen atoms in total. The van der Waals surface area contributed by atoms with Crippen molar-refractivity contribution in [3.05, 3.63) is 41.6 Å². The first kappa shape index (κ1) is 19.9. The van der Waals surface area contributed by atoms with Crippen LogP contribution in [0, 0.1) is 0 Å². The van der Waals surface area contributed by atoms with Crippen LogP contribution in [0.1, 0.15) is 56.1 Å². The highest BCUT2D eigenvalue weighted by Crippen LogP contribution is 2.38. The maximum absolute atomic E-state index is 12.5. The van der Waals surface area contributed by atoms with Crippen LogP contribution in [0.5, 0.6) is 5.75 Å². The smallest absolute Gasteiger partial charge is 0.296 e. The van der Waals surface area contributed by atoms with E-state index in [-0.39, 0.29) is 36.1 Å². The highest BCUT2D eigenvalue weighted by molar-refractivity contribution is 5.97. The minimum Gasteiger partial charge on any atom is -0.482 e. The summed E-state index contributed by atoms with van der Waals surface area (Å²) in [5.41, 5.74) is 4.10. The van der Waals surface area contributed by atoms with Crippen molar-refractivity contribution in [3.63, 3.8) is 0 Å². The van der Waals surface area contributed by atoms with Crippen LogP contribution in [0.15, 0.2) is 28.9 Å². The summed E-state index contributed by atoms with van der Waals surface area (Å²) >= 11 is 0. The van der Waals surface area contributed by atoms with E-state index in [0.717, 1.165) is 12.0 Å². The number of benzene rings is 1. The SMILES string of the molecule is CCONC(=O)c1coc(CN2C(=O)COc3ccc(C(C)(C)CC)cc32)n1. The third-order valence-electron chi connectivity index (χ3n) is 4.95. The van der Waals surface area contributed by atoms with Crippen LogP contribution >= 0.6 is 0 Å². The number of hydrogen-bond acceptors (Lipinski definition) is 6. The molecule has 150 valence electrons. The van der Waals surface area contributed by atoms with E-state index in [1.165, 1.54) is 6.26 Å². The number of amides is 2. The van der Waals surface area contributed by atoms with Gasteiger partial charge in [-0.05, 0) is 36.5 Å². The molecular weight excluding hydrogens is 362 g/mol. The van der Waals surface area contributed by atoms with E-state index >= 15 is 0 Å². The summed E-state index contributed by atoms with van der Waals surface area (Å²) in [4.78, 5) is 35.0. The Morgan fingerprint density at radius 2 is 2.14 bits per heavy atom. The van der Waals surface area contributed by atoms with E-state index in [9.17, 15) is 9.59 Å². The van der Waals surface area contributed by atoms with Gasteiger partial charge < -0.3 is 9.15 Å². The predicted molar refractivity (Wildman–Crippen MR) is 102 cm³/mol. The molecule has 0 radical (unpaired) electrons. The fraction of sp³-hybridized carbons (Fsp3) is 0.450. The van der Waals surface area contributed by atoms with Crippen molar-refractivity contribution in [1.82, 2.24) is 10.5 Å². The molecule has 0 fully saturated rings. The Morgan fingerprint density at radius 3 is 2.86 bits per heavy atom. The zero-order valence-corrected chi connectivity index (χ0v) is 16.6. The fourth-order valence-electron chi connectivity index (χ4n) is 2.81. The topological polar surface area (TPSA) is 93.9 Å². The number of hydrogen-bond donors (Lipinski definition) is 1. The van der Waals surface area contributed by atoms with Gasteiger partial charge in [-0.2, -0.15) is 0 Å². The lowest BCUT2D eigenvalue weighted by atomic mass is 9.82. The quantitative estimate of drug-likeness (QED) is 0.734. The standard InChI is InChI=1S/C20H25N3O5/c1-5-20(3,4)13-7-8-16-15(9-13)23(18(24)12-26-16)10-17-21-14(11-27-17)19(25)22-28-6-2/h7-9,11H,5-6,10,12H2,1-4H3,(H,22,25). The van der Waals surface area contributed by atoms with Gasteiger partial charge in [-0.15, -0.1) is 0 Å². The van der Waals surface area contributed by atoms with E-state index in [2.05, 4.69) is 31.2 Å². The second kappa shape index (κ2) is 8.02. The third-order valence-corrected chi connectivity index (χ3v) is 4.95. The van der Waals surface area contributed by atoms with Crippen LogP contribution in [0.25, 0.3) is 0 Å². The van der Waals surface area contributed by atoms with Crippen molar-refractivity contribution in [2.24, 2.45) is 0 Å². The minimum absolute atomic E-state index is 0.0331. The molecule has 0 saturated carbocycles. The molecule has 2 heterocycles. The van der Waals surface area contributed by atoms with E-state index in [0.29, 0.717) is 18.0 Å². The maximum Gasteiger partial charge on any atom is 0.296 e. The molecule has 0 saturated heterocycles. The second-order valence-electron chi connectivity index (χ2n) is 7.18. The number of ether oxygens (including phenoxy) is 1. The highest BCUT2D eigenvalue weighted by Gasteiger charge is 2.29. The summed E-state index contributed by atoms with van der Waals surface area (Å²) in [6.07, 6.45) is 2.20. The summed E-state index contributed by atoms with van der Waals surface area (Å²) < 4.78 is 11.0. The summed E-state index contributed by atoms with van der Waals surface area (Å²) in [6.45, 7) is 8.58. The second-order valence-corrected chi connectivity index (χ2v) is 7.18. The Morgan fingerprint density at radius 1 is 1.36 bits per heavy atom. The largest absolute Gasteiger partial charge is 0.482 e. The number of oxazole rings is 1. The first-order valence-corrected chi connectivity index (χ1v) is 9.30. The van der Waals surface area contributed by atoms with Crippen molar-refractivity contribution in [1.29, 1.82) is 0 Å². The van der Waals surface area contributed by atoms with Crippen molar-refractivity contribution in [2.75, 3.05) is 18.1 Å². The van der Waals surface area contributed by atoms with Gasteiger partial charge in [-0.3, -0.25) is 19.3 Å². The molecule has 1 aliphatic heterocycles. The molecular formula is C20H25N3O5. The molecule has 28 heavy (non-hydrogen) atoms. The molecule has 8 heteroatoms. The number of hydroxylamine groups is 1. The van der Waals surface area contributed by atoms with Crippen LogP contribution in [0.2, 0.25) is 0 Å². The van der Waals surface area contributed by atoms with E-state index in [1.807, 2.05) is 18.2 Å². The zero-order valence-electron chi connectivity index (χ0n) is 16.6. The zero-order chi connectivity index (χ0) is 20.3. The predicted octanol–water partition coefficient (Wildman–Crippen LogP) is 2.97. The van der Waals surface area contributed by atoms with Gasteiger partial charge in [-0.25, -0.2) is 10.5 Å². The Hall–Kier alpha value is -2.87. The third kappa shape index (κ3) is 4.01. The Bertz CT molecular complexity index is 874. The monoisotopic (exact) mass is 387 g/mol. The van der Waals surface area contributed by atoms with Crippen LogP contribution in [0.3, 0.4) is 0 Å². The van der Waals surface area contributed by atoms with Crippen molar-refractivity contribution < 1.29 is 23.6 Å².